The topological polar surface area (TPSA) is 106 Å². The van der Waals surface area contributed by atoms with Gasteiger partial charge >= 0.3 is 0 Å². The average Bonchev–Trinajstić information content (AvgIpc) is 3.30. The molecule has 0 aliphatic carbocycles. The maximum atomic E-state index is 12.6. The zero-order chi connectivity index (χ0) is 19.6. The summed E-state index contributed by atoms with van der Waals surface area (Å²) in [7, 11) is 0. The van der Waals surface area contributed by atoms with Gasteiger partial charge in [-0.15, -0.1) is 0 Å². The number of nitrogens with one attached hydrogen (secondary N) is 2. The molecule has 0 radical (unpaired) electrons. The summed E-state index contributed by atoms with van der Waals surface area (Å²) in [5.41, 5.74) is 1.42. The smallest absolute Gasteiger partial charge is 0.255 e. The molecular formula is C19H23N5O3. The second-order valence-electron chi connectivity index (χ2n) is 6.41. The molecule has 0 bridgehead atoms. The number of carbonyl (C=O) groups excluding carboxylic acids is 1. The first-order chi connectivity index (χ1) is 12.9. The largest absolute Gasteiger partial charge is 0.463 e. The Morgan fingerprint density at radius 3 is 2.67 bits per heavy atom. The molecule has 0 saturated heterocycles. The summed E-state index contributed by atoms with van der Waals surface area (Å²) < 4.78 is 6.83. The van der Waals surface area contributed by atoms with Crippen molar-refractivity contribution in [1.29, 1.82) is 0 Å². The van der Waals surface area contributed by atoms with Crippen molar-refractivity contribution in [2.75, 3.05) is 5.32 Å². The van der Waals surface area contributed by atoms with Crippen molar-refractivity contribution in [3.63, 3.8) is 0 Å². The maximum absolute atomic E-state index is 12.6. The summed E-state index contributed by atoms with van der Waals surface area (Å²) in [5.74, 6) is 1.01. The molecule has 8 nitrogen and oxygen atoms in total. The van der Waals surface area contributed by atoms with E-state index in [-0.39, 0.29) is 23.3 Å². The molecule has 2 N–H and O–H groups in total. The fraction of sp³-hybridized carbons (Fsp3) is 0.368. The van der Waals surface area contributed by atoms with Gasteiger partial charge in [-0.25, -0.2) is 4.98 Å². The Bertz CT molecular complexity index is 997. The lowest BCUT2D eigenvalue weighted by molar-refractivity contribution is -0.120. The van der Waals surface area contributed by atoms with Crippen molar-refractivity contribution in [1.82, 2.24) is 19.7 Å². The van der Waals surface area contributed by atoms with Crippen LogP contribution in [0.3, 0.4) is 0 Å². The first kappa shape index (κ1) is 18.6. The van der Waals surface area contributed by atoms with Crippen LogP contribution in [0.5, 0.6) is 0 Å². The van der Waals surface area contributed by atoms with Gasteiger partial charge in [0.2, 0.25) is 11.9 Å². The number of hydrogen-bond donors (Lipinski definition) is 2. The summed E-state index contributed by atoms with van der Waals surface area (Å²) in [6.07, 6.45) is 3.02. The first-order valence-corrected chi connectivity index (χ1v) is 8.97. The minimum atomic E-state index is -0.246. The molecule has 3 aromatic heterocycles. The number of aromatic amines is 1. The van der Waals surface area contributed by atoms with Crippen LogP contribution in [0.2, 0.25) is 0 Å². The zero-order valence-corrected chi connectivity index (χ0v) is 15.9. The fourth-order valence-corrected chi connectivity index (χ4v) is 2.79. The number of H-pyrrole nitrogens is 1. The van der Waals surface area contributed by atoms with E-state index < -0.39 is 0 Å². The van der Waals surface area contributed by atoms with Gasteiger partial charge in [-0.3, -0.25) is 14.6 Å². The molecule has 3 heterocycles. The second-order valence-corrected chi connectivity index (χ2v) is 6.41. The Morgan fingerprint density at radius 2 is 2.07 bits per heavy atom. The molecule has 0 aliphatic heterocycles. The first-order valence-electron chi connectivity index (χ1n) is 8.97. The Kier molecular flexibility index (Phi) is 5.25. The van der Waals surface area contributed by atoms with Crippen LogP contribution in [-0.4, -0.2) is 25.7 Å². The van der Waals surface area contributed by atoms with Crippen LogP contribution in [0.15, 0.2) is 33.7 Å². The van der Waals surface area contributed by atoms with Crippen LogP contribution < -0.4 is 10.9 Å². The van der Waals surface area contributed by atoms with E-state index in [1.807, 2.05) is 13.8 Å². The predicted octanol–water partition coefficient (Wildman–Crippen LogP) is 3.21. The van der Waals surface area contributed by atoms with Gasteiger partial charge in [0, 0.05) is 23.2 Å². The second kappa shape index (κ2) is 7.61. The average molecular weight is 369 g/mol. The van der Waals surface area contributed by atoms with Crippen LogP contribution in [0.1, 0.15) is 37.9 Å². The molecule has 142 valence electrons. The van der Waals surface area contributed by atoms with Crippen molar-refractivity contribution in [3.8, 4) is 17.4 Å². The summed E-state index contributed by atoms with van der Waals surface area (Å²) >= 11 is 0. The Balaban J connectivity index is 2.08. The van der Waals surface area contributed by atoms with Gasteiger partial charge in [-0.05, 0) is 38.8 Å². The highest BCUT2D eigenvalue weighted by molar-refractivity contribution is 5.92. The van der Waals surface area contributed by atoms with Gasteiger partial charge in [-0.1, -0.05) is 13.8 Å². The lowest BCUT2D eigenvalue weighted by Gasteiger charge is -2.13. The highest BCUT2D eigenvalue weighted by atomic mass is 16.3. The van der Waals surface area contributed by atoms with E-state index in [4.69, 9.17) is 4.42 Å². The SMILES string of the molecule is CCC(CC)C(=O)Nc1cc(-c2ccco2)nn1-c1nc(C)c(C)c(=O)[nH]1. The normalized spacial score (nSPS) is 11.1. The highest BCUT2D eigenvalue weighted by Gasteiger charge is 2.20. The number of amides is 1. The summed E-state index contributed by atoms with van der Waals surface area (Å²) in [6.45, 7) is 7.41. The Hall–Kier alpha value is -3.16. The molecule has 8 heteroatoms. The zero-order valence-electron chi connectivity index (χ0n) is 15.9. The Labute approximate surface area is 156 Å². The number of carbonyl (C=O) groups is 1. The van der Waals surface area contributed by atoms with Crippen molar-refractivity contribution >= 4 is 11.7 Å². The summed E-state index contributed by atoms with van der Waals surface area (Å²) in [5, 5.41) is 7.38. The number of anilines is 1. The van der Waals surface area contributed by atoms with Gasteiger partial charge in [0.25, 0.3) is 5.56 Å². The van der Waals surface area contributed by atoms with E-state index in [0.29, 0.717) is 28.5 Å². The van der Waals surface area contributed by atoms with Crippen LogP contribution in [0.4, 0.5) is 5.82 Å². The number of aryl methyl sites for hydroxylation is 1. The third kappa shape index (κ3) is 3.69. The molecule has 0 atom stereocenters. The van der Waals surface area contributed by atoms with Gasteiger partial charge in [0.15, 0.2) is 5.76 Å². The number of furan rings is 1. The van der Waals surface area contributed by atoms with Gasteiger partial charge in [-0.2, -0.15) is 9.78 Å². The molecule has 27 heavy (non-hydrogen) atoms. The molecule has 0 aliphatic rings. The lowest BCUT2D eigenvalue weighted by Crippen LogP contribution is -2.24. The van der Waals surface area contributed by atoms with Gasteiger partial charge in [0.05, 0.1) is 6.26 Å². The van der Waals surface area contributed by atoms with Crippen molar-refractivity contribution < 1.29 is 9.21 Å². The van der Waals surface area contributed by atoms with Crippen molar-refractivity contribution in [2.24, 2.45) is 5.92 Å². The molecule has 0 aromatic carbocycles. The lowest BCUT2D eigenvalue weighted by atomic mass is 10.0. The maximum Gasteiger partial charge on any atom is 0.255 e. The molecule has 1 amide bonds. The molecule has 0 unspecified atom stereocenters. The molecule has 0 saturated carbocycles. The number of aromatic nitrogens is 4. The monoisotopic (exact) mass is 369 g/mol. The molecule has 3 aromatic rings. The number of hydrogen-bond acceptors (Lipinski definition) is 5. The van der Waals surface area contributed by atoms with Crippen LogP contribution in [0.25, 0.3) is 17.4 Å². The standard InChI is InChI=1S/C19H23N5O3/c1-5-13(6-2)18(26)21-16-10-14(15-8-7-9-27-15)23-24(16)19-20-12(4)11(3)17(25)22-19/h7-10,13H,5-6H2,1-4H3,(H,21,26)(H,20,22,25). The van der Waals surface area contributed by atoms with E-state index in [0.717, 1.165) is 12.8 Å². The van der Waals surface area contributed by atoms with Crippen LogP contribution in [-0.2, 0) is 4.79 Å². The van der Waals surface area contributed by atoms with Gasteiger partial charge < -0.3 is 9.73 Å². The fourth-order valence-electron chi connectivity index (χ4n) is 2.79. The molecule has 0 spiro atoms. The summed E-state index contributed by atoms with van der Waals surface area (Å²) in [4.78, 5) is 31.9. The minimum absolute atomic E-state index is 0.0988. The van der Waals surface area contributed by atoms with Crippen molar-refractivity contribution in [2.45, 2.75) is 40.5 Å². The summed E-state index contributed by atoms with van der Waals surface area (Å²) in [6, 6.07) is 5.23. The molecule has 0 fully saturated rings. The predicted molar refractivity (Wildman–Crippen MR) is 102 cm³/mol. The highest BCUT2D eigenvalue weighted by Crippen LogP contribution is 2.25. The minimum Gasteiger partial charge on any atom is -0.463 e. The van der Waals surface area contributed by atoms with E-state index in [2.05, 4.69) is 20.4 Å². The molecule has 3 rings (SSSR count). The van der Waals surface area contributed by atoms with E-state index >= 15 is 0 Å². The number of nitrogens with zero attached hydrogens (tertiary/aromatic N) is 3. The van der Waals surface area contributed by atoms with Gasteiger partial charge in [0.1, 0.15) is 11.5 Å². The quantitative estimate of drug-likeness (QED) is 0.694. The van der Waals surface area contributed by atoms with Crippen molar-refractivity contribution in [3.05, 3.63) is 46.1 Å². The van der Waals surface area contributed by atoms with E-state index in [1.165, 1.54) is 4.68 Å². The van der Waals surface area contributed by atoms with E-state index in [9.17, 15) is 9.59 Å². The van der Waals surface area contributed by atoms with Crippen LogP contribution >= 0.6 is 0 Å². The third-order valence-corrected chi connectivity index (χ3v) is 4.67. The molecular weight excluding hydrogens is 346 g/mol. The van der Waals surface area contributed by atoms with E-state index in [1.54, 1.807) is 38.3 Å². The van der Waals surface area contributed by atoms with Crippen LogP contribution in [0, 0.1) is 19.8 Å². The Morgan fingerprint density at radius 1 is 1.33 bits per heavy atom. The number of rotatable bonds is 6. The third-order valence-electron chi connectivity index (χ3n) is 4.67.